The van der Waals surface area contributed by atoms with E-state index in [4.69, 9.17) is 4.74 Å². The van der Waals surface area contributed by atoms with Crippen molar-refractivity contribution in [3.8, 4) is 0 Å². The van der Waals surface area contributed by atoms with Gasteiger partial charge in [0.2, 0.25) is 10.0 Å². The summed E-state index contributed by atoms with van der Waals surface area (Å²) in [6.45, 7) is 5.98. The molecule has 1 aliphatic rings. The topological polar surface area (TPSA) is 72.5 Å². The van der Waals surface area contributed by atoms with Crippen LogP contribution in [0, 0.1) is 0 Å². The molecule has 6 heteroatoms. The molecule has 21 heavy (non-hydrogen) atoms. The number of nitrogens with one attached hydrogen (secondary N) is 1. The molecule has 0 saturated carbocycles. The van der Waals surface area contributed by atoms with Gasteiger partial charge in [-0.1, -0.05) is 19.1 Å². The van der Waals surface area contributed by atoms with Gasteiger partial charge in [-0.3, -0.25) is 4.79 Å². The quantitative estimate of drug-likeness (QED) is 0.846. The van der Waals surface area contributed by atoms with Crippen LogP contribution in [0.5, 0.6) is 0 Å². The highest BCUT2D eigenvalue weighted by Gasteiger charge is 2.40. The van der Waals surface area contributed by atoms with E-state index >= 15 is 0 Å². The number of rotatable bonds is 5. The Morgan fingerprint density at radius 2 is 2.19 bits per heavy atom. The highest BCUT2D eigenvalue weighted by atomic mass is 32.2. The second-order valence-corrected chi connectivity index (χ2v) is 7.27. The number of hydrogen-bond acceptors (Lipinski definition) is 4. The molecule has 0 spiro atoms. The van der Waals surface area contributed by atoms with Crippen LogP contribution in [0.2, 0.25) is 0 Å². The third-order valence-corrected chi connectivity index (χ3v) is 5.65. The second kappa shape index (κ2) is 5.87. The number of ketones is 1. The Bertz CT molecular complexity index is 641. The van der Waals surface area contributed by atoms with E-state index in [2.05, 4.69) is 4.72 Å². The first-order chi connectivity index (χ1) is 9.78. The summed E-state index contributed by atoms with van der Waals surface area (Å²) in [5, 5.41) is 0. The molecule has 2 rings (SSSR count). The fourth-order valence-electron chi connectivity index (χ4n) is 2.38. The average molecular weight is 311 g/mol. The Kier molecular flexibility index (Phi) is 4.51. The molecule has 116 valence electrons. The van der Waals surface area contributed by atoms with E-state index in [1.54, 1.807) is 19.1 Å². The van der Waals surface area contributed by atoms with Gasteiger partial charge >= 0.3 is 0 Å². The minimum atomic E-state index is -3.68. The predicted molar refractivity (Wildman–Crippen MR) is 79.8 cm³/mol. The maximum atomic E-state index is 12.5. The number of Topliss-reactive ketones (excluding diaryl/α,β-unsaturated/α-hetero) is 1. The largest absolute Gasteiger partial charge is 0.376 e. The second-order valence-electron chi connectivity index (χ2n) is 5.59. The normalized spacial score (nSPS) is 26.0. The standard InChI is InChI=1S/C15H21NO4S/c1-4-14(17)12-6-5-7-13(10-12)21(18,19)16-15(3)8-9-20-11(15)2/h5-7,10-11,16H,4,8-9H2,1-3H3. The lowest BCUT2D eigenvalue weighted by molar-refractivity contribution is 0.0957. The Labute approximate surface area is 125 Å². The van der Waals surface area contributed by atoms with Gasteiger partial charge in [0.05, 0.1) is 16.5 Å². The fourth-order valence-corrected chi connectivity index (χ4v) is 3.92. The van der Waals surface area contributed by atoms with Crippen LogP contribution in [0.25, 0.3) is 0 Å². The first kappa shape index (κ1) is 16.1. The van der Waals surface area contributed by atoms with Crippen molar-refractivity contribution in [3.63, 3.8) is 0 Å². The summed E-state index contributed by atoms with van der Waals surface area (Å²) in [6, 6.07) is 6.15. The van der Waals surface area contributed by atoms with Gasteiger partial charge in [0.1, 0.15) is 0 Å². The molecule has 0 amide bonds. The van der Waals surface area contributed by atoms with Gasteiger partial charge in [-0.25, -0.2) is 13.1 Å². The van der Waals surface area contributed by atoms with E-state index in [9.17, 15) is 13.2 Å². The molecule has 5 nitrogen and oxygen atoms in total. The van der Waals surface area contributed by atoms with Gasteiger partial charge in [0.15, 0.2) is 5.78 Å². The molecule has 1 fully saturated rings. The summed E-state index contributed by atoms with van der Waals surface area (Å²) in [7, 11) is -3.68. The summed E-state index contributed by atoms with van der Waals surface area (Å²) in [5.74, 6) is -0.0733. The van der Waals surface area contributed by atoms with Crippen LogP contribution in [0.3, 0.4) is 0 Å². The molecule has 1 aromatic rings. The van der Waals surface area contributed by atoms with Gasteiger partial charge in [-0.2, -0.15) is 0 Å². The Hall–Kier alpha value is -1.24. The minimum absolute atomic E-state index is 0.0733. The van der Waals surface area contributed by atoms with Crippen molar-refractivity contribution in [2.24, 2.45) is 0 Å². The van der Waals surface area contributed by atoms with E-state index in [0.717, 1.165) is 0 Å². The first-order valence-corrected chi connectivity index (χ1v) is 8.55. The Morgan fingerprint density at radius 1 is 1.48 bits per heavy atom. The molecule has 0 aliphatic carbocycles. The number of benzene rings is 1. The highest BCUT2D eigenvalue weighted by Crippen LogP contribution is 2.27. The van der Waals surface area contributed by atoms with Crippen LogP contribution in [0.15, 0.2) is 29.2 Å². The van der Waals surface area contributed by atoms with E-state index < -0.39 is 15.6 Å². The van der Waals surface area contributed by atoms with Crippen molar-refractivity contribution >= 4 is 15.8 Å². The number of carbonyl (C=O) groups excluding carboxylic acids is 1. The third kappa shape index (κ3) is 3.33. The summed E-state index contributed by atoms with van der Waals surface area (Å²) in [4.78, 5) is 11.8. The Morgan fingerprint density at radius 3 is 2.76 bits per heavy atom. The van der Waals surface area contributed by atoms with Crippen molar-refractivity contribution in [3.05, 3.63) is 29.8 Å². The molecular weight excluding hydrogens is 290 g/mol. The fraction of sp³-hybridized carbons (Fsp3) is 0.533. The lowest BCUT2D eigenvalue weighted by Gasteiger charge is -2.28. The number of ether oxygens (including phenoxy) is 1. The molecule has 0 aromatic heterocycles. The van der Waals surface area contributed by atoms with Crippen molar-refractivity contribution in [2.45, 2.75) is 50.2 Å². The number of hydrogen-bond donors (Lipinski definition) is 1. The first-order valence-electron chi connectivity index (χ1n) is 7.07. The van der Waals surface area contributed by atoms with E-state index in [1.165, 1.54) is 12.1 Å². The van der Waals surface area contributed by atoms with Gasteiger partial charge in [-0.15, -0.1) is 0 Å². The molecule has 1 N–H and O–H groups in total. The number of carbonyl (C=O) groups is 1. The SMILES string of the molecule is CCC(=O)c1cccc(S(=O)(=O)NC2(C)CCOC2C)c1. The number of sulfonamides is 1. The molecule has 2 atom stereocenters. The van der Waals surface area contributed by atoms with Crippen molar-refractivity contribution in [1.82, 2.24) is 4.72 Å². The smallest absolute Gasteiger partial charge is 0.241 e. The van der Waals surface area contributed by atoms with Crippen LogP contribution in [0.4, 0.5) is 0 Å². The summed E-state index contributed by atoms with van der Waals surface area (Å²) >= 11 is 0. The van der Waals surface area contributed by atoms with Gasteiger partial charge in [0.25, 0.3) is 0 Å². The highest BCUT2D eigenvalue weighted by molar-refractivity contribution is 7.89. The molecule has 0 radical (unpaired) electrons. The van der Waals surface area contributed by atoms with E-state index in [-0.39, 0.29) is 16.8 Å². The summed E-state index contributed by atoms with van der Waals surface area (Å²) < 4.78 is 33.2. The molecule has 1 aliphatic heterocycles. The third-order valence-electron chi connectivity index (χ3n) is 4.04. The van der Waals surface area contributed by atoms with Crippen LogP contribution in [-0.2, 0) is 14.8 Å². The van der Waals surface area contributed by atoms with Crippen molar-refractivity contribution < 1.29 is 17.9 Å². The predicted octanol–water partition coefficient (Wildman–Crippen LogP) is 2.13. The van der Waals surface area contributed by atoms with Gasteiger partial charge < -0.3 is 4.74 Å². The van der Waals surface area contributed by atoms with Gasteiger partial charge in [0, 0.05) is 18.6 Å². The molecule has 0 bridgehead atoms. The van der Waals surface area contributed by atoms with E-state index in [0.29, 0.717) is 25.0 Å². The average Bonchev–Trinajstić information content (AvgIpc) is 2.76. The summed E-state index contributed by atoms with van der Waals surface area (Å²) in [6.07, 6.45) is 0.785. The van der Waals surface area contributed by atoms with Crippen LogP contribution in [0.1, 0.15) is 44.0 Å². The van der Waals surface area contributed by atoms with Crippen LogP contribution < -0.4 is 4.72 Å². The molecule has 1 saturated heterocycles. The van der Waals surface area contributed by atoms with Crippen LogP contribution in [-0.4, -0.2) is 32.5 Å². The zero-order chi connectivity index (χ0) is 15.7. The van der Waals surface area contributed by atoms with Crippen molar-refractivity contribution in [2.75, 3.05) is 6.61 Å². The molecular formula is C15H21NO4S. The summed E-state index contributed by atoms with van der Waals surface area (Å²) in [5.41, 5.74) is -0.204. The molecule has 1 heterocycles. The minimum Gasteiger partial charge on any atom is -0.376 e. The van der Waals surface area contributed by atoms with Gasteiger partial charge in [-0.05, 0) is 32.4 Å². The lowest BCUT2D eigenvalue weighted by Crippen LogP contribution is -2.50. The zero-order valence-electron chi connectivity index (χ0n) is 12.5. The molecule has 2 unspecified atom stereocenters. The maximum Gasteiger partial charge on any atom is 0.241 e. The van der Waals surface area contributed by atoms with Crippen LogP contribution >= 0.6 is 0 Å². The monoisotopic (exact) mass is 311 g/mol. The Balaban J connectivity index is 2.30. The van der Waals surface area contributed by atoms with E-state index in [1.807, 2.05) is 13.8 Å². The maximum absolute atomic E-state index is 12.5. The lowest BCUT2D eigenvalue weighted by atomic mass is 9.97. The zero-order valence-corrected chi connectivity index (χ0v) is 13.4. The molecule has 1 aromatic carbocycles. The van der Waals surface area contributed by atoms with Crippen molar-refractivity contribution in [1.29, 1.82) is 0 Å².